The van der Waals surface area contributed by atoms with Crippen molar-refractivity contribution in [1.29, 1.82) is 0 Å². The summed E-state index contributed by atoms with van der Waals surface area (Å²) in [6.45, 7) is 0.869. The molecule has 0 saturated heterocycles. The van der Waals surface area contributed by atoms with Crippen LogP contribution in [0.15, 0.2) is 18.5 Å². The maximum absolute atomic E-state index is 14.5. The third-order valence-corrected chi connectivity index (χ3v) is 5.71. The van der Waals surface area contributed by atoms with Crippen LogP contribution in [0.1, 0.15) is 50.6 Å². The molecule has 6 nitrogen and oxygen atoms in total. The first-order chi connectivity index (χ1) is 13.1. The van der Waals surface area contributed by atoms with Crippen molar-refractivity contribution in [2.24, 2.45) is 11.7 Å². The van der Waals surface area contributed by atoms with Crippen molar-refractivity contribution in [3.63, 3.8) is 0 Å². The van der Waals surface area contributed by atoms with Gasteiger partial charge < -0.3 is 11.1 Å². The monoisotopic (exact) mass is 371 g/mol. The van der Waals surface area contributed by atoms with Gasteiger partial charge in [-0.3, -0.25) is 9.48 Å². The lowest BCUT2D eigenvalue weighted by molar-refractivity contribution is -0.120. The van der Waals surface area contributed by atoms with E-state index in [0.29, 0.717) is 17.8 Å². The number of halogens is 1. The molecule has 1 fully saturated rings. The average molecular weight is 371 g/mol. The van der Waals surface area contributed by atoms with Gasteiger partial charge in [-0.25, -0.2) is 9.37 Å². The number of carbonyl (C=O) groups excluding carboxylic acids is 1. The molecule has 1 aliphatic carbocycles. The molecule has 2 aromatic rings. The van der Waals surface area contributed by atoms with Crippen LogP contribution in [0.5, 0.6) is 0 Å². The van der Waals surface area contributed by atoms with Crippen molar-refractivity contribution in [3.05, 3.63) is 30.0 Å². The number of hydrogen-bond donors (Lipinski definition) is 2. The molecule has 144 valence electrons. The number of anilines is 1. The molecular weight excluding hydrogens is 345 g/mol. The zero-order valence-electron chi connectivity index (χ0n) is 15.5. The number of nitrogens with one attached hydrogen (secondary N) is 1. The zero-order chi connectivity index (χ0) is 18.8. The van der Waals surface area contributed by atoms with Gasteiger partial charge >= 0.3 is 0 Å². The van der Waals surface area contributed by atoms with Gasteiger partial charge in [0.25, 0.3) is 0 Å². The topological polar surface area (TPSA) is 85.8 Å². The molecule has 0 bridgehead atoms. The second-order valence-corrected chi connectivity index (χ2v) is 7.70. The molecule has 2 atom stereocenters. The second kappa shape index (κ2) is 7.76. The summed E-state index contributed by atoms with van der Waals surface area (Å²) in [6.07, 6.45) is 10.6. The van der Waals surface area contributed by atoms with E-state index >= 15 is 0 Å². The Balaban J connectivity index is 1.57. The van der Waals surface area contributed by atoms with E-state index in [9.17, 15) is 9.18 Å². The van der Waals surface area contributed by atoms with E-state index in [0.717, 1.165) is 62.7 Å². The van der Waals surface area contributed by atoms with E-state index in [1.165, 1.54) is 6.20 Å². The summed E-state index contributed by atoms with van der Waals surface area (Å²) < 4.78 is 16.5. The number of aromatic nitrogens is 3. The lowest BCUT2D eigenvalue weighted by Gasteiger charge is -2.25. The van der Waals surface area contributed by atoms with Crippen LogP contribution in [0.25, 0.3) is 11.1 Å². The minimum Gasteiger partial charge on any atom is -0.328 e. The van der Waals surface area contributed by atoms with Crippen LogP contribution in [0.2, 0.25) is 0 Å². The Hall–Kier alpha value is -2.28. The predicted molar refractivity (Wildman–Crippen MR) is 102 cm³/mol. The molecule has 3 N–H and O–H groups in total. The average Bonchev–Trinajstić information content (AvgIpc) is 2.91. The molecule has 0 spiro atoms. The Kier molecular flexibility index (Phi) is 5.20. The van der Waals surface area contributed by atoms with Crippen LogP contribution in [-0.2, 0) is 17.8 Å². The van der Waals surface area contributed by atoms with E-state index in [4.69, 9.17) is 5.73 Å². The fourth-order valence-electron chi connectivity index (χ4n) is 4.23. The van der Waals surface area contributed by atoms with Gasteiger partial charge in [-0.15, -0.1) is 0 Å². The van der Waals surface area contributed by atoms with Crippen LogP contribution in [0, 0.1) is 11.7 Å². The van der Waals surface area contributed by atoms with Crippen LogP contribution >= 0.6 is 0 Å². The van der Waals surface area contributed by atoms with Crippen molar-refractivity contribution in [2.45, 2.75) is 64.0 Å². The van der Waals surface area contributed by atoms with Crippen LogP contribution < -0.4 is 11.1 Å². The summed E-state index contributed by atoms with van der Waals surface area (Å²) in [4.78, 5) is 16.6. The molecule has 0 unspecified atom stereocenters. The van der Waals surface area contributed by atoms with Gasteiger partial charge in [-0.2, -0.15) is 5.10 Å². The van der Waals surface area contributed by atoms with Gasteiger partial charge in [0, 0.05) is 35.3 Å². The van der Waals surface area contributed by atoms with Crippen molar-refractivity contribution in [2.75, 3.05) is 5.32 Å². The van der Waals surface area contributed by atoms with Gasteiger partial charge in [-0.05, 0) is 44.6 Å². The Morgan fingerprint density at radius 2 is 2.07 bits per heavy atom. The standard InChI is InChI=1S/C20H26FN5O/c21-17-12-23-19(25-20(27)13-5-4-6-14(22)9-13)10-15(17)16-11-24-26-8-3-1-2-7-18(16)26/h10-14H,1-9,22H2,(H,23,25,27)/t13-,14+/m0/s1. The number of pyridine rings is 1. The Labute approximate surface area is 158 Å². The number of amides is 1. The Morgan fingerprint density at radius 1 is 1.19 bits per heavy atom. The van der Waals surface area contributed by atoms with Crippen molar-refractivity contribution >= 4 is 11.7 Å². The fraction of sp³-hybridized carbons (Fsp3) is 0.550. The minimum absolute atomic E-state index is 0.0779. The first kappa shape index (κ1) is 18.1. The molecule has 2 aliphatic rings. The van der Waals surface area contributed by atoms with Crippen molar-refractivity contribution in [1.82, 2.24) is 14.8 Å². The molecule has 1 amide bonds. The molecular formula is C20H26FN5O. The summed E-state index contributed by atoms with van der Waals surface area (Å²) in [5.74, 6) is -0.197. The fourth-order valence-corrected chi connectivity index (χ4v) is 4.23. The highest BCUT2D eigenvalue weighted by Crippen LogP contribution is 2.31. The van der Waals surface area contributed by atoms with Crippen molar-refractivity contribution < 1.29 is 9.18 Å². The van der Waals surface area contributed by atoms with Crippen LogP contribution in [0.4, 0.5) is 10.2 Å². The van der Waals surface area contributed by atoms with Crippen molar-refractivity contribution in [3.8, 4) is 11.1 Å². The number of rotatable bonds is 3. The summed E-state index contributed by atoms with van der Waals surface area (Å²) in [5.41, 5.74) is 8.30. The Bertz CT molecular complexity index is 834. The summed E-state index contributed by atoms with van der Waals surface area (Å²) in [5, 5.41) is 7.29. The number of nitrogens with zero attached hydrogens (tertiary/aromatic N) is 3. The molecule has 0 radical (unpaired) electrons. The van der Waals surface area contributed by atoms with E-state index in [-0.39, 0.29) is 17.9 Å². The quantitative estimate of drug-likeness (QED) is 0.867. The highest BCUT2D eigenvalue weighted by molar-refractivity contribution is 5.92. The molecule has 1 saturated carbocycles. The lowest BCUT2D eigenvalue weighted by Crippen LogP contribution is -2.34. The summed E-state index contributed by atoms with van der Waals surface area (Å²) in [6, 6.07) is 1.70. The highest BCUT2D eigenvalue weighted by atomic mass is 19.1. The van der Waals surface area contributed by atoms with E-state index in [1.54, 1.807) is 12.3 Å². The SMILES string of the molecule is N[C@@H]1CCC[C@H](C(=O)Nc2cc(-c3cnn4c3CCCCC4)c(F)cn2)C1. The first-order valence-electron chi connectivity index (χ1n) is 9.89. The molecule has 27 heavy (non-hydrogen) atoms. The first-order valence-corrected chi connectivity index (χ1v) is 9.89. The lowest BCUT2D eigenvalue weighted by atomic mass is 9.85. The van der Waals surface area contributed by atoms with Crippen LogP contribution in [-0.4, -0.2) is 26.7 Å². The van der Waals surface area contributed by atoms with E-state index in [1.807, 2.05) is 4.68 Å². The number of aryl methyl sites for hydroxylation is 1. The summed E-state index contributed by atoms with van der Waals surface area (Å²) in [7, 11) is 0. The smallest absolute Gasteiger partial charge is 0.228 e. The molecule has 0 aromatic carbocycles. The van der Waals surface area contributed by atoms with Gasteiger partial charge in [0.15, 0.2) is 0 Å². The van der Waals surface area contributed by atoms with Gasteiger partial charge in [0.05, 0.1) is 12.4 Å². The van der Waals surface area contributed by atoms with Gasteiger partial charge in [0.1, 0.15) is 11.6 Å². The highest BCUT2D eigenvalue weighted by Gasteiger charge is 2.26. The third kappa shape index (κ3) is 3.88. The normalized spacial score (nSPS) is 22.7. The third-order valence-electron chi connectivity index (χ3n) is 5.71. The summed E-state index contributed by atoms with van der Waals surface area (Å²) >= 11 is 0. The zero-order valence-corrected chi connectivity index (χ0v) is 15.5. The van der Waals surface area contributed by atoms with E-state index < -0.39 is 5.82 Å². The molecule has 3 heterocycles. The minimum atomic E-state index is -0.396. The molecule has 7 heteroatoms. The number of nitrogens with two attached hydrogens (primary N) is 1. The van der Waals surface area contributed by atoms with Crippen LogP contribution in [0.3, 0.4) is 0 Å². The second-order valence-electron chi connectivity index (χ2n) is 7.70. The molecule has 1 aliphatic heterocycles. The molecule has 2 aromatic heterocycles. The molecule has 4 rings (SSSR count). The largest absolute Gasteiger partial charge is 0.328 e. The van der Waals surface area contributed by atoms with E-state index in [2.05, 4.69) is 15.4 Å². The number of carbonyl (C=O) groups is 1. The van der Waals surface area contributed by atoms with Gasteiger partial charge in [0.2, 0.25) is 5.91 Å². The number of fused-ring (bicyclic) bond motifs is 1. The van der Waals surface area contributed by atoms with Gasteiger partial charge in [-0.1, -0.05) is 12.8 Å². The maximum Gasteiger partial charge on any atom is 0.228 e. The maximum atomic E-state index is 14.5. The Morgan fingerprint density at radius 3 is 2.93 bits per heavy atom. The predicted octanol–water partition coefficient (Wildman–Crippen LogP) is 3.27. The number of hydrogen-bond acceptors (Lipinski definition) is 4.